The summed E-state index contributed by atoms with van der Waals surface area (Å²) >= 11 is 0. The van der Waals surface area contributed by atoms with Gasteiger partial charge in [0, 0.05) is 13.1 Å². The number of halogens is 4. The number of ether oxygens (including phenoxy) is 2. The van der Waals surface area contributed by atoms with Crippen molar-refractivity contribution in [1.82, 2.24) is 5.32 Å². The molecule has 1 heterocycles. The summed E-state index contributed by atoms with van der Waals surface area (Å²) < 4.78 is 45.3. The summed E-state index contributed by atoms with van der Waals surface area (Å²) in [6.07, 6.45) is -7.58. The van der Waals surface area contributed by atoms with Gasteiger partial charge in [-0.25, -0.2) is 4.79 Å². The quantitative estimate of drug-likeness (QED) is 0.688. The molecule has 1 rings (SSSR count). The number of hydrogen-bond donors (Lipinski definition) is 1. The fourth-order valence-electron chi connectivity index (χ4n) is 1.10. The molecule has 0 aromatic rings. The van der Waals surface area contributed by atoms with Crippen molar-refractivity contribution < 1.29 is 27.4 Å². The fraction of sp³-hybridized carbons (Fsp3) is 0.857. The number of methoxy groups -OCH3 is 1. The van der Waals surface area contributed by atoms with Crippen molar-refractivity contribution in [2.45, 2.75) is 18.4 Å². The third kappa shape index (κ3) is 3.84. The van der Waals surface area contributed by atoms with Gasteiger partial charge in [-0.2, -0.15) is 13.2 Å². The molecule has 1 saturated heterocycles. The molecule has 8 heteroatoms. The summed E-state index contributed by atoms with van der Waals surface area (Å²) in [7, 11) is 1.10. The van der Waals surface area contributed by atoms with Crippen LogP contribution in [0.15, 0.2) is 0 Å². The van der Waals surface area contributed by atoms with Gasteiger partial charge in [-0.3, -0.25) is 0 Å². The van der Waals surface area contributed by atoms with E-state index in [1.807, 2.05) is 0 Å². The minimum Gasteiger partial charge on any atom is -0.467 e. The number of alkyl halides is 3. The number of carbonyl (C=O) groups excluding carboxylic acids is 1. The Balaban J connectivity index is 0.00000196. The predicted octanol–water partition coefficient (Wildman–Crippen LogP) is 0.500. The Morgan fingerprint density at radius 2 is 2.07 bits per heavy atom. The van der Waals surface area contributed by atoms with Crippen molar-refractivity contribution in [3.8, 4) is 0 Å². The van der Waals surface area contributed by atoms with E-state index in [4.69, 9.17) is 0 Å². The van der Waals surface area contributed by atoms with Gasteiger partial charge >= 0.3 is 12.1 Å². The zero-order valence-electron chi connectivity index (χ0n) is 7.84. The van der Waals surface area contributed by atoms with Gasteiger partial charge in [0.1, 0.15) is 0 Å². The normalized spacial score (nSPS) is 26.7. The number of rotatable bonds is 1. The van der Waals surface area contributed by atoms with Gasteiger partial charge in [-0.15, -0.1) is 12.4 Å². The molecule has 1 fully saturated rings. The Kier molecular flexibility index (Phi) is 5.33. The molecule has 1 aliphatic rings. The summed E-state index contributed by atoms with van der Waals surface area (Å²) in [5, 5.41) is 2.46. The highest BCUT2D eigenvalue weighted by molar-refractivity contribution is 5.85. The van der Waals surface area contributed by atoms with Gasteiger partial charge in [0.05, 0.1) is 7.11 Å². The zero-order valence-corrected chi connectivity index (χ0v) is 8.65. The second-order valence-corrected chi connectivity index (χ2v) is 2.84. The van der Waals surface area contributed by atoms with Gasteiger partial charge in [0.25, 0.3) is 0 Å². The van der Waals surface area contributed by atoms with Crippen molar-refractivity contribution in [1.29, 1.82) is 0 Å². The van der Waals surface area contributed by atoms with Gasteiger partial charge in [0.2, 0.25) is 0 Å². The molecule has 0 spiro atoms. The van der Waals surface area contributed by atoms with E-state index >= 15 is 0 Å². The summed E-state index contributed by atoms with van der Waals surface area (Å²) in [5.74, 6) is -0.800. The van der Waals surface area contributed by atoms with Gasteiger partial charge in [0.15, 0.2) is 12.2 Å². The lowest BCUT2D eigenvalue weighted by molar-refractivity contribution is -0.241. The van der Waals surface area contributed by atoms with Crippen LogP contribution in [0.5, 0.6) is 0 Å². The minimum absolute atomic E-state index is 0. The molecular weight excluding hydrogens is 239 g/mol. The van der Waals surface area contributed by atoms with E-state index in [-0.39, 0.29) is 25.5 Å². The van der Waals surface area contributed by atoms with Crippen LogP contribution in [0, 0.1) is 0 Å². The van der Waals surface area contributed by atoms with Crippen LogP contribution in [-0.2, 0) is 14.3 Å². The lowest BCUT2D eigenvalue weighted by Crippen LogP contribution is -2.53. The first-order chi connectivity index (χ1) is 6.45. The molecule has 0 amide bonds. The molecule has 1 N–H and O–H groups in total. The summed E-state index contributed by atoms with van der Waals surface area (Å²) in [6, 6.07) is 0. The first-order valence-electron chi connectivity index (χ1n) is 3.96. The molecule has 2 unspecified atom stereocenters. The minimum atomic E-state index is -4.46. The Labute approximate surface area is 90.5 Å². The van der Waals surface area contributed by atoms with Crippen LogP contribution in [0.2, 0.25) is 0 Å². The Bertz CT molecular complexity index is 224. The van der Waals surface area contributed by atoms with Crippen molar-refractivity contribution in [2.24, 2.45) is 0 Å². The number of hydrogen-bond acceptors (Lipinski definition) is 4. The average molecular weight is 250 g/mol. The molecule has 90 valence electrons. The van der Waals surface area contributed by atoms with Crippen LogP contribution in [-0.4, -0.2) is 44.6 Å². The van der Waals surface area contributed by atoms with Gasteiger partial charge in [-0.1, -0.05) is 0 Å². The van der Waals surface area contributed by atoms with Crippen LogP contribution in [0.25, 0.3) is 0 Å². The molecule has 2 atom stereocenters. The Hall–Kier alpha value is -0.530. The van der Waals surface area contributed by atoms with Crippen molar-refractivity contribution in [3.63, 3.8) is 0 Å². The van der Waals surface area contributed by atoms with Crippen LogP contribution < -0.4 is 5.32 Å². The third-order valence-electron chi connectivity index (χ3n) is 1.82. The second kappa shape index (κ2) is 5.53. The molecule has 0 aromatic heterocycles. The van der Waals surface area contributed by atoms with Crippen LogP contribution in [0.4, 0.5) is 13.2 Å². The highest BCUT2D eigenvalue weighted by Crippen LogP contribution is 2.25. The summed E-state index contributed by atoms with van der Waals surface area (Å²) in [6.45, 7) is -0.295. The second-order valence-electron chi connectivity index (χ2n) is 2.84. The van der Waals surface area contributed by atoms with E-state index in [0.29, 0.717) is 0 Å². The maximum absolute atomic E-state index is 12.2. The van der Waals surface area contributed by atoms with Gasteiger partial charge < -0.3 is 14.8 Å². The molecule has 4 nitrogen and oxygen atoms in total. The number of esters is 1. The van der Waals surface area contributed by atoms with Crippen molar-refractivity contribution in [2.75, 3.05) is 20.2 Å². The molecule has 0 radical (unpaired) electrons. The molecule has 0 saturated carbocycles. The van der Waals surface area contributed by atoms with Crippen LogP contribution in [0.1, 0.15) is 0 Å². The molecule has 1 aliphatic heterocycles. The standard InChI is InChI=1S/C7H10F3NO3.ClH/c1-13-6(12)4-2-11-3-5(14-4)7(8,9)10;/h4-5,11H,2-3H2,1H3;1H. The topological polar surface area (TPSA) is 47.6 Å². The maximum atomic E-state index is 12.2. The van der Waals surface area contributed by atoms with Crippen LogP contribution in [0.3, 0.4) is 0 Å². The van der Waals surface area contributed by atoms with Gasteiger partial charge in [-0.05, 0) is 0 Å². The van der Waals surface area contributed by atoms with E-state index in [2.05, 4.69) is 14.8 Å². The molecular formula is C7H11ClF3NO3. The highest BCUT2D eigenvalue weighted by atomic mass is 35.5. The maximum Gasteiger partial charge on any atom is 0.415 e. The Morgan fingerprint density at radius 1 is 1.47 bits per heavy atom. The highest BCUT2D eigenvalue weighted by Gasteiger charge is 2.45. The van der Waals surface area contributed by atoms with Crippen molar-refractivity contribution in [3.05, 3.63) is 0 Å². The number of nitrogens with one attached hydrogen (secondary N) is 1. The predicted molar refractivity (Wildman–Crippen MR) is 46.8 cm³/mol. The first kappa shape index (κ1) is 14.5. The molecule has 15 heavy (non-hydrogen) atoms. The monoisotopic (exact) mass is 249 g/mol. The lowest BCUT2D eigenvalue weighted by atomic mass is 10.2. The van der Waals surface area contributed by atoms with Crippen molar-refractivity contribution >= 4 is 18.4 Å². The summed E-state index contributed by atoms with van der Waals surface area (Å²) in [5.41, 5.74) is 0. The zero-order chi connectivity index (χ0) is 10.8. The lowest BCUT2D eigenvalue weighted by Gasteiger charge is -2.30. The number of carbonyl (C=O) groups is 1. The molecule has 0 aliphatic carbocycles. The van der Waals surface area contributed by atoms with E-state index in [0.717, 1.165) is 7.11 Å². The third-order valence-corrected chi connectivity index (χ3v) is 1.82. The van der Waals surface area contributed by atoms with E-state index in [1.165, 1.54) is 0 Å². The number of morpholine rings is 1. The molecule has 0 bridgehead atoms. The molecule has 0 aromatic carbocycles. The smallest absolute Gasteiger partial charge is 0.415 e. The summed E-state index contributed by atoms with van der Waals surface area (Å²) in [4.78, 5) is 10.9. The largest absolute Gasteiger partial charge is 0.467 e. The van der Waals surface area contributed by atoms with E-state index < -0.39 is 24.4 Å². The first-order valence-corrected chi connectivity index (χ1v) is 3.96. The van der Waals surface area contributed by atoms with E-state index in [1.54, 1.807) is 0 Å². The fourth-order valence-corrected chi connectivity index (χ4v) is 1.10. The van der Waals surface area contributed by atoms with E-state index in [9.17, 15) is 18.0 Å². The average Bonchev–Trinajstić information content (AvgIpc) is 2.15. The SMILES string of the molecule is COC(=O)C1CNCC(C(F)(F)F)O1.Cl. The Morgan fingerprint density at radius 3 is 2.53 bits per heavy atom. The van der Waals surface area contributed by atoms with Crippen LogP contribution >= 0.6 is 12.4 Å².